The first-order chi connectivity index (χ1) is 29.5. The fourth-order valence-electron chi connectivity index (χ4n) is 7.74. The molecule has 0 aliphatic carbocycles. The maximum absolute atomic E-state index is 15.0. The Bertz CT molecular complexity index is 2310. The lowest BCUT2D eigenvalue weighted by Gasteiger charge is -2.45. The van der Waals surface area contributed by atoms with E-state index in [0.717, 1.165) is 21.7 Å². The van der Waals surface area contributed by atoms with Crippen molar-refractivity contribution < 1.29 is 42.2 Å². The van der Waals surface area contributed by atoms with Gasteiger partial charge in [0.25, 0.3) is 17.7 Å². The Hall–Kier alpha value is -5.62. The first kappa shape index (κ1) is 48.4. The minimum Gasteiger partial charge on any atom is -0.444 e. The molecule has 2 heterocycles. The first-order valence-corrected chi connectivity index (χ1v) is 22.6. The van der Waals surface area contributed by atoms with E-state index in [2.05, 4.69) is 16.0 Å². The highest BCUT2D eigenvalue weighted by Crippen LogP contribution is 2.43. The van der Waals surface area contributed by atoms with E-state index in [4.69, 9.17) is 16.2 Å². The number of nitrogens with one attached hydrogen (secondary N) is 3. The molecule has 5 rings (SSSR count). The molecular formula is C46H61N7O9S. The van der Waals surface area contributed by atoms with Crippen LogP contribution < -0.4 is 27.4 Å². The number of ether oxygens (including phenoxy) is 1. The average molecular weight is 888 g/mol. The highest BCUT2D eigenvalue weighted by molar-refractivity contribution is 7.95. The summed E-state index contributed by atoms with van der Waals surface area (Å²) in [5, 5.41) is 22.4. The van der Waals surface area contributed by atoms with Gasteiger partial charge in [0, 0.05) is 25.2 Å². The van der Waals surface area contributed by atoms with Crippen LogP contribution in [0.25, 0.3) is 0 Å². The zero-order chi connectivity index (χ0) is 46.4. The second kappa shape index (κ2) is 19.8. The summed E-state index contributed by atoms with van der Waals surface area (Å²) in [6.07, 6.45) is -1.58. The van der Waals surface area contributed by atoms with Gasteiger partial charge in [-0.2, -0.15) is 0 Å². The number of primary amides is 1. The number of benzene rings is 3. The number of aryl methyl sites for hydroxylation is 2. The molecule has 1 saturated heterocycles. The number of hydrogen-bond acceptors (Lipinski definition) is 11. The van der Waals surface area contributed by atoms with Crippen molar-refractivity contribution in [2.75, 3.05) is 13.1 Å². The van der Waals surface area contributed by atoms with Gasteiger partial charge in [-0.1, -0.05) is 73.5 Å². The molecule has 2 aliphatic heterocycles. The molecule has 5 amide bonds. The van der Waals surface area contributed by atoms with Gasteiger partial charge in [-0.3, -0.25) is 19.2 Å². The molecule has 3 aromatic carbocycles. The number of sulfone groups is 1. The molecule has 63 heavy (non-hydrogen) atoms. The van der Waals surface area contributed by atoms with Crippen LogP contribution in [0.3, 0.4) is 0 Å². The van der Waals surface area contributed by atoms with Gasteiger partial charge in [-0.05, 0) is 108 Å². The second-order valence-electron chi connectivity index (χ2n) is 17.8. The smallest absolute Gasteiger partial charge is 0.407 e. The molecule has 4 atom stereocenters. The Labute approximate surface area is 369 Å². The van der Waals surface area contributed by atoms with Crippen LogP contribution in [0.4, 0.5) is 4.79 Å². The van der Waals surface area contributed by atoms with Gasteiger partial charge in [0.2, 0.25) is 15.7 Å². The fourth-order valence-corrected chi connectivity index (χ4v) is 9.64. The summed E-state index contributed by atoms with van der Waals surface area (Å²) in [7, 11) is -4.47. The summed E-state index contributed by atoms with van der Waals surface area (Å²) in [5.74, 6) is -3.58. The van der Waals surface area contributed by atoms with Crippen LogP contribution in [0.1, 0.15) is 92.9 Å². The van der Waals surface area contributed by atoms with Gasteiger partial charge >= 0.3 is 6.09 Å². The number of unbranched alkanes of at least 4 members (excludes halogenated alkanes) is 1. The maximum Gasteiger partial charge on any atom is 0.407 e. The number of aliphatic hydroxyl groups is 1. The van der Waals surface area contributed by atoms with Crippen LogP contribution in [0.2, 0.25) is 0 Å². The molecular weight excluding hydrogens is 827 g/mol. The highest BCUT2D eigenvalue weighted by Gasteiger charge is 2.57. The normalized spacial score (nSPS) is 19.0. The van der Waals surface area contributed by atoms with E-state index in [9.17, 15) is 32.7 Å². The fraction of sp³-hybridized carbons (Fsp3) is 0.457. The van der Waals surface area contributed by atoms with E-state index < -0.39 is 80.5 Å². The number of alkyl carbamates (subject to hydrolysis) is 1. The van der Waals surface area contributed by atoms with E-state index >= 15 is 4.79 Å². The Balaban J connectivity index is 1.52. The van der Waals surface area contributed by atoms with Crippen LogP contribution in [0.15, 0.2) is 88.3 Å². The monoisotopic (exact) mass is 887 g/mol. The van der Waals surface area contributed by atoms with Crippen molar-refractivity contribution in [1.82, 2.24) is 26.0 Å². The highest BCUT2D eigenvalue weighted by atomic mass is 32.2. The molecule has 0 radical (unpaired) electrons. The molecule has 1 fully saturated rings. The van der Waals surface area contributed by atoms with E-state index in [-0.39, 0.29) is 60.7 Å². The zero-order valence-corrected chi connectivity index (χ0v) is 37.9. The van der Waals surface area contributed by atoms with Crippen molar-refractivity contribution >= 4 is 39.6 Å². The third kappa shape index (κ3) is 11.7. The van der Waals surface area contributed by atoms with Gasteiger partial charge in [-0.15, -0.1) is 0 Å². The predicted octanol–water partition coefficient (Wildman–Crippen LogP) is 3.67. The van der Waals surface area contributed by atoms with Gasteiger partial charge in [0.1, 0.15) is 16.8 Å². The van der Waals surface area contributed by atoms with E-state index in [1.165, 1.54) is 24.3 Å². The van der Waals surface area contributed by atoms with Crippen molar-refractivity contribution in [3.05, 3.63) is 111 Å². The summed E-state index contributed by atoms with van der Waals surface area (Å²) in [6, 6.07) is 17.7. The minimum absolute atomic E-state index is 0.00349. The molecule has 16 nitrogen and oxygen atoms in total. The molecule has 0 spiro atoms. The third-order valence-electron chi connectivity index (χ3n) is 11.1. The Morgan fingerprint density at radius 3 is 2.06 bits per heavy atom. The van der Waals surface area contributed by atoms with Crippen LogP contribution in [0, 0.1) is 19.8 Å². The third-order valence-corrected chi connectivity index (χ3v) is 13.0. The summed E-state index contributed by atoms with van der Waals surface area (Å²) in [5.41, 5.74) is 13.1. The number of carbonyl (C=O) groups is 5. The van der Waals surface area contributed by atoms with Crippen molar-refractivity contribution in [3.8, 4) is 0 Å². The molecule has 3 unspecified atom stereocenters. The lowest BCUT2D eigenvalue weighted by Crippen LogP contribution is -2.67. The zero-order valence-electron chi connectivity index (χ0n) is 37.1. The number of fused-ring (bicyclic) bond motifs is 1. The number of aliphatic hydroxyl groups excluding tert-OH is 1. The van der Waals surface area contributed by atoms with Crippen molar-refractivity contribution in [1.29, 1.82) is 0 Å². The van der Waals surface area contributed by atoms with Gasteiger partial charge in [-0.25, -0.2) is 23.2 Å². The number of amides is 5. The average Bonchev–Trinajstić information content (AvgIpc) is 3.58. The number of hydrogen-bond donors (Lipinski definition) is 6. The first-order valence-electron chi connectivity index (χ1n) is 21.2. The van der Waals surface area contributed by atoms with Gasteiger partial charge in [0.05, 0.1) is 21.9 Å². The van der Waals surface area contributed by atoms with E-state index in [1.807, 2.05) is 38.1 Å². The second-order valence-corrected chi connectivity index (χ2v) is 19.7. The van der Waals surface area contributed by atoms with Crippen molar-refractivity contribution in [2.45, 2.75) is 121 Å². The lowest BCUT2D eigenvalue weighted by atomic mass is 9.85. The van der Waals surface area contributed by atoms with Crippen LogP contribution in [-0.4, -0.2) is 95.7 Å². The molecule has 17 heteroatoms. The molecule has 0 aromatic heterocycles. The Kier molecular flexibility index (Phi) is 15.2. The number of hydrazine groups is 1. The summed E-state index contributed by atoms with van der Waals surface area (Å²) < 4.78 is 35.1. The number of rotatable bonds is 17. The van der Waals surface area contributed by atoms with E-state index in [1.54, 1.807) is 63.9 Å². The summed E-state index contributed by atoms with van der Waals surface area (Å²) >= 11 is 0. The topological polar surface area (TPSA) is 244 Å². The summed E-state index contributed by atoms with van der Waals surface area (Å²) in [4.78, 5) is 67.0. The van der Waals surface area contributed by atoms with Gasteiger partial charge in [0.15, 0.2) is 6.10 Å². The molecule has 3 aromatic rings. The van der Waals surface area contributed by atoms with Crippen molar-refractivity contribution in [2.24, 2.45) is 17.4 Å². The van der Waals surface area contributed by atoms with Crippen LogP contribution in [0.5, 0.6) is 0 Å². The molecule has 2 aliphatic rings. The predicted molar refractivity (Wildman–Crippen MR) is 237 cm³/mol. The molecule has 8 N–H and O–H groups in total. The lowest BCUT2D eigenvalue weighted by molar-refractivity contribution is -0.161. The Morgan fingerprint density at radius 1 is 0.905 bits per heavy atom. The number of nitrogens with zero attached hydrogens (tertiary/aromatic N) is 2. The standard InChI is InChI=1S/C46H61N7O9S/c1-28(2)36-39(63(60,61)34-21-13-30(4)14-22-34)37(53-43(58)46(48,23-25-52(36)53)26-31-15-11-29(3)12-16-31)41(56)51-35(10-8-9-24-49-44(59)62-45(5,6)7)38(54)42(57)50-27-32-17-19-33(20-18-32)40(47)55/h11-22,28,35-36,38,54H,8-10,23-27,48H2,1-7H3,(H2,47,55)(H,49,59)(H,50,57)(H,51,56)/t35-,36?,38?,46?/m0/s1. The van der Waals surface area contributed by atoms with Crippen LogP contribution >= 0.6 is 0 Å². The maximum atomic E-state index is 15.0. The number of carbonyl (C=O) groups excluding carboxylic acids is 5. The van der Waals surface area contributed by atoms with E-state index in [0.29, 0.717) is 12.0 Å². The van der Waals surface area contributed by atoms with Crippen molar-refractivity contribution in [3.63, 3.8) is 0 Å². The van der Waals surface area contributed by atoms with Crippen LogP contribution in [-0.2, 0) is 41.9 Å². The summed E-state index contributed by atoms with van der Waals surface area (Å²) in [6.45, 7) is 12.8. The minimum atomic E-state index is -4.47. The Morgan fingerprint density at radius 2 is 1.49 bits per heavy atom. The number of nitrogens with two attached hydrogens (primary N) is 2. The largest absolute Gasteiger partial charge is 0.444 e. The quantitative estimate of drug-likeness (QED) is 0.107. The van der Waals surface area contributed by atoms with Gasteiger partial charge < -0.3 is 37.3 Å². The molecule has 0 saturated carbocycles. The molecule has 0 bridgehead atoms. The SMILES string of the molecule is Cc1ccc(CC2(N)CCN3C(C(C)C)C(S(=O)(=O)c4ccc(C)cc4)=C(C(=O)N[C@@H](CCCCNC(=O)OC(C)(C)C)C(O)C(=O)NCc4ccc(C(N)=O)cc4)N3C2=O)cc1. The molecule has 340 valence electrons.